The van der Waals surface area contributed by atoms with Crippen molar-refractivity contribution in [2.24, 2.45) is 0 Å². The summed E-state index contributed by atoms with van der Waals surface area (Å²) >= 11 is 0. The smallest absolute Gasteiger partial charge is 0.261 e. The third-order valence-corrected chi connectivity index (χ3v) is 3.86. The number of nitrogens with one attached hydrogen (secondary N) is 2. The van der Waals surface area contributed by atoms with Crippen LogP contribution in [0.25, 0.3) is 11.5 Å². The minimum absolute atomic E-state index is 0.284. The van der Waals surface area contributed by atoms with Gasteiger partial charge in [0.25, 0.3) is 11.8 Å². The number of carbonyl (C=O) groups is 2. The second-order valence-corrected chi connectivity index (χ2v) is 5.50. The second-order valence-electron chi connectivity index (χ2n) is 5.50. The Kier molecular flexibility index (Phi) is 3.53. The monoisotopic (exact) mass is 337 g/mol. The molecule has 0 atom stereocenters. The molecular weight excluding hydrogens is 325 g/mol. The van der Waals surface area contributed by atoms with E-state index in [4.69, 9.17) is 4.42 Å². The Morgan fingerprint density at radius 2 is 1.88 bits per heavy atom. The number of benzene rings is 2. The standard InChI is InChI=1S/C18H12FN3O3/c19-11-6-4-10(5-7-11)18-21-9-12(25-18)8-20-14-3-1-2-13-15(14)17(24)22-16(13)23/h1-7,9,20H,8H2,(H,22,23,24). The fourth-order valence-corrected chi connectivity index (χ4v) is 2.66. The van der Waals surface area contributed by atoms with E-state index in [2.05, 4.69) is 15.6 Å². The maximum absolute atomic E-state index is 13.0. The zero-order chi connectivity index (χ0) is 17.4. The minimum atomic E-state index is -0.423. The van der Waals surface area contributed by atoms with Gasteiger partial charge in [0, 0.05) is 11.3 Å². The maximum Gasteiger partial charge on any atom is 0.261 e. The van der Waals surface area contributed by atoms with Gasteiger partial charge in [-0.3, -0.25) is 14.9 Å². The van der Waals surface area contributed by atoms with Crippen molar-refractivity contribution in [3.8, 4) is 11.5 Å². The summed E-state index contributed by atoms with van der Waals surface area (Å²) in [7, 11) is 0. The molecule has 0 aliphatic carbocycles. The summed E-state index contributed by atoms with van der Waals surface area (Å²) in [6, 6.07) is 10.8. The highest BCUT2D eigenvalue weighted by molar-refractivity contribution is 6.23. The molecule has 0 fully saturated rings. The van der Waals surface area contributed by atoms with Gasteiger partial charge in [-0.25, -0.2) is 9.37 Å². The number of carbonyl (C=O) groups excluding carboxylic acids is 2. The molecular formula is C18H12FN3O3. The SMILES string of the molecule is O=C1NC(=O)c2c(NCc3cnc(-c4ccc(F)cc4)o3)cccc21. The van der Waals surface area contributed by atoms with E-state index >= 15 is 0 Å². The molecule has 2 aromatic carbocycles. The average molecular weight is 337 g/mol. The van der Waals surface area contributed by atoms with Gasteiger partial charge in [-0.1, -0.05) is 6.07 Å². The Morgan fingerprint density at radius 1 is 1.08 bits per heavy atom. The highest BCUT2D eigenvalue weighted by Gasteiger charge is 2.29. The predicted octanol–water partition coefficient (Wildman–Crippen LogP) is 2.98. The molecule has 0 spiro atoms. The van der Waals surface area contributed by atoms with Crippen LogP contribution in [0.15, 0.2) is 53.1 Å². The summed E-state index contributed by atoms with van der Waals surface area (Å²) in [6.45, 7) is 0.284. The second kappa shape index (κ2) is 5.86. The van der Waals surface area contributed by atoms with E-state index in [1.807, 2.05) is 0 Å². The molecule has 1 aromatic heterocycles. The number of imide groups is 1. The van der Waals surface area contributed by atoms with Crippen molar-refractivity contribution in [3.05, 3.63) is 71.4 Å². The first-order valence-electron chi connectivity index (χ1n) is 7.55. The van der Waals surface area contributed by atoms with Crippen molar-refractivity contribution in [1.29, 1.82) is 0 Å². The Bertz CT molecular complexity index is 979. The van der Waals surface area contributed by atoms with E-state index in [1.54, 1.807) is 36.5 Å². The van der Waals surface area contributed by atoms with Crippen molar-refractivity contribution in [2.45, 2.75) is 6.54 Å². The number of anilines is 1. The van der Waals surface area contributed by atoms with Gasteiger partial charge in [0.15, 0.2) is 0 Å². The van der Waals surface area contributed by atoms with Crippen LogP contribution in [0.2, 0.25) is 0 Å². The maximum atomic E-state index is 13.0. The molecule has 2 amide bonds. The van der Waals surface area contributed by atoms with Gasteiger partial charge in [-0.15, -0.1) is 0 Å². The fraction of sp³-hybridized carbons (Fsp3) is 0.0556. The van der Waals surface area contributed by atoms with Gasteiger partial charge >= 0.3 is 0 Å². The van der Waals surface area contributed by atoms with Crippen LogP contribution in [-0.2, 0) is 6.54 Å². The average Bonchev–Trinajstić information content (AvgIpc) is 3.19. The Labute approximate surface area is 141 Å². The lowest BCUT2D eigenvalue weighted by Gasteiger charge is -2.07. The molecule has 0 saturated carbocycles. The molecule has 1 aliphatic heterocycles. The highest BCUT2D eigenvalue weighted by atomic mass is 19.1. The van der Waals surface area contributed by atoms with Crippen molar-refractivity contribution < 1.29 is 18.4 Å². The normalized spacial score (nSPS) is 12.8. The van der Waals surface area contributed by atoms with Crippen LogP contribution in [0.3, 0.4) is 0 Å². The number of amides is 2. The topological polar surface area (TPSA) is 84.2 Å². The largest absolute Gasteiger partial charge is 0.439 e. The first kappa shape index (κ1) is 15.1. The molecule has 2 heterocycles. The van der Waals surface area contributed by atoms with E-state index in [0.717, 1.165) is 0 Å². The highest BCUT2D eigenvalue weighted by Crippen LogP contribution is 2.25. The Morgan fingerprint density at radius 3 is 2.68 bits per heavy atom. The summed E-state index contributed by atoms with van der Waals surface area (Å²) in [5, 5.41) is 5.35. The minimum Gasteiger partial charge on any atom is -0.439 e. The first-order chi connectivity index (χ1) is 12.1. The van der Waals surface area contributed by atoms with Crippen LogP contribution in [0.5, 0.6) is 0 Å². The molecule has 6 nitrogen and oxygen atoms in total. The zero-order valence-electron chi connectivity index (χ0n) is 12.9. The van der Waals surface area contributed by atoms with Crippen LogP contribution < -0.4 is 10.6 Å². The molecule has 4 rings (SSSR count). The lowest BCUT2D eigenvalue weighted by molar-refractivity contribution is 0.0880. The number of hydrogen-bond acceptors (Lipinski definition) is 5. The summed E-state index contributed by atoms with van der Waals surface area (Å²) < 4.78 is 18.6. The third kappa shape index (κ3) is 2.76. The molecule has 7 heteroatoms. The van der Waals surface area contributed by atoms with E-state index in [9.17, 15) is 14.0 Å². The number of fused-ring (bicyclic) bond motifs is 1. The van der Waals surface area contributed by atoms with Crippen LogP contribution in [0.4, 0.5) is 10.1 Å². The summed E-state index contributed by atoms with van der Waals surface area (Å²) in [4.78, 5) is 27.7. The molecule has 2 N–H and O–H groups in total. The number of aromatic nitrogens is 1. The number of oxazole rings is 1. The third-order valence-electron chi connectivity index (χ3n) is 3.86. The van der Waals surface area contributed by atoms with Gasteiger partial charge in [-0.05, 0) is 36.4 Å². The summed E-state index contributed by atoms with van der Waals surface area (Å²) in [5.41, 5.74) is 1.88. The van der Waals surface area contributed by atoms with E-state index in [-0.39, 0.29) is 12.4 Å². The molecule has 3 aromatic rings. The Hall–Kier alpha value is -3.48. The number of nitrogens with zero attached hydrogens (tertiary/aromatic N) is 1. The molecule has 1 aliphatic rings. The molecule has 0 radical (unpaired) electrons. The molecule has 0 saturated heterocycles. The van der Waals surface area contributed by atoms with Crippen LogP contribution in [0.1, 0.15) is 26.5 Å². The van der Waals surface area contributed by atoms with Gasteiger partial charge < -0.3 is 9.73 Å². The van der Waals surface area contributed by atoms with Crippen molar-refractivity contribution >= 4 is 17.5 Å². The van der Waals surface area contributed by atoms with Crippen LogP contribution in [0, 0.1) is 5.82 Å². The van der Waals surface area contributed by atoms with Gasteiger partial charge in [-0.2, -0.15) is 0 Å². The first-order valence-corrected chi connectivity index (χ1v) is 7.55. The fourth-order valence-electron chi connectivity index (χ4n) is 2.66. The summed E-state index contributed by atoms with van der Waals surface area (Å²) in [5.74, 6) is -0.234. The predicted molar refractivity (Wildman–Crippen MR) is 87.5 cm³/mol. The number of rotatable bonds is 4. The molecule has 0 bridgehead atoms. The van der Waals surface area contributed by atoms with Crippen LogP contribution in [-0.4, -0.2) is 16.8 Å². The van der Waals surface area contributed by atoms with Crippen molar-refractivity contribution in [3.63, 3.8) is 0 Å². The molecule has 0 unspecified atom stereocenters. The number of hydrogen-bond donors (Lipinski definition) is 2. The summed E-state index contributed by atoms with van der Waals surface area (Å²) in [6.07, 6.45) is 1.56. The molecule has 124 valence electrons. The van der Waals surface area contributed by atoms with Crippen LogP contribution >= 0.6 is 0 Å². The van der Waals surface area contributed by atoms with E-state index in [1.165, 1.54) is 12.1 Å². The Balaban J connectivity index is 1.53. The van der Waals surface area contributed by atoms with Gasteiger partial charge in [0.2, 0.25) is 5.89 Å². The van der Waals surface area contributed by atoms with E-state index in [0.29, 0.717) is 34.0 Å². The molecule has 25 heavy (non-hydrogen) atoms. The van der Waals surface area contributed by atoms with Crippen molar-refractivity contribution in [1.82, 2.24) is 10.3 Å². The quantitative estimate of drug-likeness (QED) is 0.715. The van der Waals surface area contributed by atoms with Crippen molar-refractivity contribution in [2.75, 3.05) is 5.32 Å². The zero-order valence-corrected chi connectivity index (χ0v) is 12.9. The lowest BCUT2D eigenvalue weighted by Crippen LogP contribution is -2.20. The lowest BCUT2D eigenvalue weighted by atomic mass is 10.1. The van der Waals surface area contributed by atoms with E-state index < -0.39 is 11.8 Å². The number of halogens is 1. The van der Waals surface area contributed by atoms with Gasteiger partial charge in [0.1, 0.15) is 11.6 Å². The van der Waals surface area contributed by atoms with Gasteiger partial charge in [0.05, 0.1) is 23.9 Å².